The van der Waals surface area contributed by atoms with E-state index in [1.165, 1.54) is 24.5 Å². The van der Waals surface area contributed by atoms with Gasteiger partial charge in [0.1, 0.15) is 17.2 Å². The van der Waals surface area contributed by atoms with Crippen LogP contribution in [0.3, 0.4) is 0 Å². The molecule has 0 aliphatic heterocycles. The lowest BCUT2D eigenvalue weighted by atomic mass is 10.1. The van der Waals surface area contributed by atoms with Crippen molar-refractivity contribution in [2.45, 2.75) is 6.92 Å². The number of phenols is 2. The van der Waals surface area contributed by atoms with Crippen LogP contribution < -0.4 is 5.43 Å². The van der Waals surface area contributed by atoms with Gasteiger partial charge in [0.15, 0.2) is 0 Å². The normalized spacial score (nSPS) is 10.7. The van der Waals surface area contributed by atoms with Crippen molar-refractivity contribution in [2.75, 3.05) is 0 Å². The van der Waals surface area contributed by atoms with Gasteiger partial charge < -0.3 is 10.2 Å². The van der Waals surface area contributed by atoms with Gasteiger partial charge >= 0.3 is 0 Å². The summed E-state index contributed by atoms with van der Waals surface area (Å²) in [5.74, 6) is -0.592. The van der Waals surface area contributed by atoms with E-state index in [-0.39, 0.29) is 17.2 Å². The number of aryl methyl sites for hydroxylation is 1. The number of aromatic nitrogens is 1. The zero-order valence-corrected chi connectivity index (χ0v) is 10.7. The number of aromatic hydroxyl groups is 2. The number of pyridine rings is 1. The van der Waals surface area contributed by atoms with Crippen molar-refractivity contribution in [3.63, 3.8) is 0 Å². The molecular weight excluding hydrogens is 258 g/mol. The molecule has 1 heterocycles. The largest absolute Gasteiger partial charge is 0.508 e. The third-order valence-corrected chi connectivity index (χ3v) is 2.61. The third kappa shape index (κ3) is 3.11. The van der Waals surface area contributed by atoms with E-state index >= 15 is 0 Å². The number of carbonyl (C=O) groups is 1. The van der Waals surface area contributed by atoms with Gasteiger partial charge in [0.05, 0.1) is 6.21 Å². The molecule has 2 rings (SSSR count). The molecule has 0 aliphatic rings. The van der Waals surface area contributed by atoms with Crippen molar-refractivity contribution in [2.24, 2.45) is 5.10 Å². The number of amides is 1. The summed E-state index contributed by atoms with van der Waals surface area (Å²) in [4.78, 5) is 15.6. The standard InChI is InChI=1S/C14H13N3O3/c1-9-6-10(18)7-13(19)11(9)8-16-17-14(20)12-4-2-3-5-15-12/h2-8,18-19H,1H3,(H,17,20). The van der Waals surface area contributed by atoms with Crippen LogP contribution in [0.15, 0.2) is 41.6 Å². The molecule has 0 spiro atoms. The first kappa shape index (κ1) is 13.5. The quantitative estimate of drug-likeness (QED) is 0.583. The highest BCUT2D eigenvalue weighted by Gasteiger charge is 2.06. The summed E-state index contributed by atoms with van der Waals surface area (Å²) in [6.45, 7) is 1.71. The predicted molar refractivity (Wildman–Crippen MR) is 73.8 cm³/mol. The summed E-state index contributed by atoms with van der Waals surface area (Å²) in [6.07, 6.45) is 2.82. The minimum absolute atomic E-state index is 0.0327. The summed E-state index contributed by atoms with van der Waals surface area (Å²) in [5.41, 5.74) is 3.62. The topological polar surface area (TPSA) is 94.8 Å². The molecule has 3 N–H and O–H groups in total. The van der Waals surface area contributed by atoms with Crippen LogP contribution in [0.5, 0.6) is 11.5 Å². The molecule has 0 saturated heterocycles. The van der Waals surface area contributed by atoms with E-state index in [4.69, 9.17) is 0 Å². The van der Waals surface area contributed by atoms with Crippen molar-refractivity contribution in [1.82, 2.24) is 10.4 Å². The molecule has 0 radical (unpaired) electrons. The van der Waals surface area contributed by atoms with Gasteiger partial charge in [0.2, 0.25) is 0 Å². The molecule has 6 heteroatoms. The summed E-state index contributed by atoms with van der Waals surface area (Å²) >= 11 is 0. The fraction of sp³-hybridized carbons (Fsp3) is 0.0714. The number of nitrogens with one attached hydrogen (secondary N) is 1. The first-order valence-corrected chi connectivity index (χ1v) is 5.85. The van der Waals surface area contributed by atoms with Crippen LogP contribution in [-0.2, 0) is 0 Å². The van der Waals surface area contributed by atoms with Crippen LogP contribution in [0.1, 0.15) is 21.6 Å². The molecule has 0 bridgehead atoms. The summed E-state index contributed by atoms with van der Waals surface area (Å²) in [5, 5.41) is 22.7. The average molecular weight is 271 g/mol. The molecular formula is C14H13N3O3. The average Bonchev–Trinajstić information content (AvgIpc) is 2.42. The van der Waals surface area contributed by atoms with Gasteiger partial charge in [-0.25, -0.2) is 5.43 Å². The molecule has 0 saturated carbocycles. The fourth-order valence-corrected chi connectivity index (χ4v) is 1.64. The molecule has 102 valence electrons. The van der Waals surface area contributed by atoms with Gasteiger partial charge in [-0.2, -0.15) is 5.10 Å². The number of carbonyl (C=O) groups excluding carboxylic acids is 1. The van der Waals surface area contributed by atoms with E-state index in [1.54, 1.807) is 25.1 Å². The Kier molecular flexibility index (Phi) is 3.95. The maximum absolute atomic E-state index is 11.7. The van der Waals surface area contributed by atoms with Crippen LogP contribution in [0.2, 0.25) is 0 Å². The lowest BCUT2D eigenvalue weighted by Crippen LogP contribution is -2.18. The zero-order valence-electron chi connectivity index (χ0n) is 10.7. The lowest BCUT2D eigenvalue weighted by Gasteiger charge is -2.04. The number of hydrogen-bond donors (Lipinski definition) is 3. The van der Waals surface area contributed by atoms with E-state index in [0.717, 1.165) is 0 Å². The minimum atomic E-state index is -0.447. The highest BCUT2D eigenvalue weighted by molar-refractivity contribution is 5.93. The van der Waals surface area contributed by atoms with Gasteiger partial charge in [0.25, 0.3) is 5.91 Å². The van der Waals surface area contributed by atoms with E-state index in [2.05, 4.69) is 15.5 Å². The Hall–Kier alpha value is -2.89. The Bertz CT molecular complexity index is 631. The van der Waals surface area contributed by atoms with E-state index in [0.29, 0.717) is 11.1 Å². The number of phenolic OH excluding ortho intramolecular Hbond substituents is 2. The zero-order chi connectivity index (χ0) is 14.5. The molecule has 0 fully saturated rings. The Morgan fingerprint density at radius 3 is 2.80 bits per heavy atom. The third-order valence-electron chi connectivity index (χ3n) is 2.61. The van der Waals surface area contributed by atoms with Gasteiger partial charge in [-0.05, 0) is 30.7 Å². The van der Waals surface area contributed by atoms with Crippen molar-refractivity contribution < 1.29 is 15.0 Å². The second kappa shape index (κ2) is 5.83. The smallest absolute Gasteiger partial charge is 0.289 e. The maximum Gasteiger partial charge on any atom is 0.289 e. The maximum atomic E-state index is 11.7. The second-order valence-electron chi connectivity index (χ2n) is 4.11. The van der Waals surface area contributed by atoms with Crippen molar-refractivity contribution in [3.05, 3.63) is 53.3 Å². The Morgan fingerprint density at radius 2 is 2.15 bits per heavy atom. The number of hydrogen-bond acceptors (Lipinski definition) is 5. The molecule has 0 atom stereocenters. The Labute approximate surface area is 115 Å². The van der Waals surface area contributed by atoms with Crippen LogP contribution in [-0.4, -0.2) is 27.3 Å². The molecule has 0 aliphatic carbocycles. The van der Waals surface area contributed by atoms with Gasteiger partial charge in [-0.3, -0.25) is 9.78 Å². The summed E-state index contributed by atoms with van der Waals surface area (Å²) < 4.78 is 0. The molecule has 1 aromatic heterocycles. The fourth-order valence-electron chi connectivity index (χ4n) is 1.64. The summed E-state index contributed by atoms with van der Waals surface area (Å²) in [6, 6.07) is 7.66. The molecule has 20 heavy (non-hydrogen) atoms. The van der Waals surface area contributed by atoms with Crippen LogP contribution in [0.4, 0.5) is 0 Å². The van der Waals surface area contributed by atoms with Crippen molar-refractivity contribution in [3.8, 4) is 11.5 Å². The Balaban J connectivity index is 2.10. The SMILES string of the molecule is Cc1cc(O)cc(O)c1C=NNC(=O)c1ccccn1. The number of benzene rings is 1. The van der Waals surface area contributed by atoms with Crippen LogP contribution >= 0.6 is 0 Å². The first-order valence-electron chi connectivity index (χ1n) is 5.85. The molecule has 0 unspecified atom stereocenters. The van der Waals surface area contributed by atoms with E-state index in [9.17, 15) is 15.0 Å². The molecule has 2 aromatic rings. The highest BCUT2D eigenvalue weighted by Crippen LogP contribution is 2.24. The number of nitrogens with zero attached hydrogens (tertiary/aromatic N) is 2. The van der Waals surface area contributed by atoms with E-state index < -0.39 is 5.91 Å². The van der Waals surface area contributed by atoms with Crippen molar-refractivity contribution in [1.29, 1.82) is 0 Å². The van der Waals surface area contributed by atoms with E-state index in [1.807, 2.05) is 0 Å². The molecule has 1 aromatic carbocycles. The lowest BCUT2D eigenvalue weighted by molar-refractivity contribution is 0.0950. The van der Waals surface area contributed by atoms with Gasteiger partial charge in [-0.1, -0.05) is 6.07 Å². The highest BCUT2D eigenvalue weighted by atomic mass is 16.3. The Morgan fingerprint density at radius 1 is 1.35 bits per heavy atom. The monoisotopic (exact) mass is 271 g/mol. The minimum Gasteiger partial charge on any atom is -0.508 e. The van der Waals surface area contributed by atoms with Gasteiger partial charge in [-0.15, -0.1) is 0 Å². The molecule has 6 nitrogen and oxygen atoms in total. The van der Waals surface area contributed by atoms with Crippen molar-refractivity contribution >= 4 is 12.1 Å². The van der Waals surface area contributed by atoms with Crippen LogP contribution in [0, 0.1) is 6.92 Å². The summed E-state index contributed by atoms with van der Waals surface area (Å²) in [7, 11) is 0. The second-order valence-corrected chi connectivity index (χ2v) is 4.11. The number of rotatable bonds is 3. The van der Waals surface area contributed by atoms with Gasteiger partial charge in [0, 0.05) is 17.8 Å². The van der Waals surface area contributed by atoms with Crippen LogP contribution in [0.25, 0.3) is 0 Å². The molecule has 1 amide bonds. The first-order chi connectivity index (χ1) is 9.58. The number of hydrazone groups is 1. The predicted octanol–water partition coefficient (Wildman–Crippen LogP) is 1.57.